The molecule has 3 nitrogen and oxygen atoms in total. The molecule has 3 heteroatoms. The van der Waals surface area contributed by atoms with Crippen LogP contribution in [0.25, 0.3) is 0 Å². The van der Waals surface area contributed by atoms with Crippen LogP contribution in [-0.4, -0.2) is 19.7 Å². The lowest BCUT2D eigenvalue weighted by Crippen LogP contribution is -2.08. The molecule has 0 aromatic heterocycles. The molecule has 0 unspecified atom stereocenters. The van der Waals surface area contributed by atoms with E-state index in [0.29, 0.717) is 12.2 Å². The molecular formula is C21H20O3. The van der Waals surface area contributed by atoms with Gasteiger partial charge in [0.25, 0.3) is 0 Å². The van der Waals surface area contributed by atoms with Crippen LogP contribution in [0.2, 0.25) is 0 Å². The summed E-state index contributed by atoms with van der Waals surface area (Å²) in [5.74, 6) is 5.95. The van der Waals surface area contributed by atoms with Crippen LogP contribution in [-0.2, 0) is 15.1 Å². The Hall–Kier alpha value is -2.57. The van der Waals surface area contributed by atoms with Crippen molar-refractivity contribution in [1.82, 2.24) is 0 Å². The molecule has 3 rings (SSSR count). The number of carbonyl (C=O) groups excluding carboxylic acids is 1. The Balaban J connectivity index is 1.69. The predicted octanol–water partition coefficient (Wildman–Crippen LogP) is 3.90. The van der Waals surface area contributed by atoms with Crippen LogP contribution in [0.3, 0.4) is 0 Å². The molecule has 1 saturated carbocycles. The standard InChI is InChI=1S/C21H20O3/c1-3-24-20(22)18-10-6-16(7-11-18)4-5-17-8-12-19(13-9-17)21(23-2)14-15-21/h6-13H,3,14-15H2,1-2H3. The van der Waals surface area contributed by atoms with Crippen LogP contribution in [0.1, 0.15) is 46.8 Å². The SMILES string of the molecule is CCOC(=O)c1ccc(C#Cc2ccc(C3(OC)CC3)cc2)cc1. The molecule has 1 aliphatic carbocycles. The predicted molar refractivity (Wildman–Crippen MR) is 92.7 cm³/mol. The largest absolute Gasteiger partial charge is 0.462 e. The fourth-order valence-electron chi connectivity index (χ4n) is 2.63. The zero-order chi connectivity index (χ0) is 17.0. The number of hydrogen-bond donors (Lipinski definition) is 0. The van der Waals surface area contributed by atoms with E-state index in [-0.39, 0.29) is 11.6 Å². The summed E-state index contributed by atoms with van der Waals surface area (Å²) >= 11 is 0. The molecule has 122 valence electrons. The van der Waals surface area contributed by atoms with Gasteiger partial charge in [0.1, 0.15) is 0 Å². The fourth-order valence-corrected chi connectivity index (χ4v) is 2.63. The van der Waals surface area contributed by atoms with Crippen molar-refractivity contribution in [2.45, 2.75) is 25.4 Å². The van der Waals surface area contributed by atoms with Gasteiger partial charge in [-0.1, -0.05) is 24.0 Å². The Morgan fingerprint density at radius 1 is 1.00 bits per heavy atom. The topological polar surface area (TPSA) is 35.5 Å². The molecule has 0 atom stereocenters. The monoisotopic (exact) mass is 320 g/mol. The Labute approximate surface area is 142 Å². The number of methoxy groups -OCH3 is 1. The van der Waals surface area contributed by atoms with Gasteiger partial charge < -0.3 is 9.47 Å². The lowest BCUT2D eigenvalue weighted by Gasteiger charge is -2.13. The number of rotatable bonds is 4. The second-order valence-electron chi connectivity index (χ2n) is 5.82. The molecule has 0 saturated heterocycles. The first kappa shape index (κ1) is 16.3. The molecule has 2 aromatic rings. The van der Waals surface area contributed by atoms with Crippen LogP contribution >= 0.6 is 0 Å². The van der Waals surface area contributed by atoms with Crippen molar-refractivity contribution in [3.63, 3.8) is 0 Å². The highest BCUT2D eigenvalue weighted by Gasteiger charge is 2.44. The van der Waals surface area contributed by atoms with E-state index in [9.17, 15) is 4.79 Å². The Morgan fingerprint density at radius 3 is 2.00 bits per heavy atom. The third-order valence-electron chi connectivity index (χ3n) is 4.25. The van der Waals surface area contributed by atoms with Gasteiger partial charge in [-0.05, 0) is 61.7 Å². The normalized spacial score (nSPS) is 14.4. The van der Waals surface area contributed by atoms with Crippen molar-refractivity contribution in [2.75, 3.05) is 13.7 Å². The van der Waals surface area contributed by atoms with Crippen LogP contribution in [0.15, 0.2) is 48.5 Å². The molecule has 0 heterocycles. The molecule has 24 heavy (non-hydrogen) atoms. The number of esters is 1. The number of carbonyl (C=O) groups is 1. The Bertz CT molecular complexity index is 773. The first-order valence-corrected chi connectivity index (χ1v) is 8.12. The van der Waals surface area contributed by atoms with Crippen LogP contribution in [0.5, 0.6) is 0 Å². The average Bonchev–Trinajstić information content (AvgIpc) is 3.42. The summed E-state index contributed by atoms with van der Waals surface area (Å²) in [6.07, 6.45) is 2.17. The summed E-state index contributed by atoms with van der Waals surface area (Å²) in [6.45, 7) is 2.17. The minimum Gasteiger partial charge on any atom is -0.462 e. The van der Waals surface area contributed by atoms with Crippen LogP contribution in [0.4, 0.5) is 0 Å². The van der Waals surface area contributed by atoms with Gasteiger partial charge in [0.2, 0.25) is 0 Å². The Morgan fingerprint density at radius 2 is 1.54 bits per heavy atom. The molecule has 0 radical (unpaired) electrons. The maximum atomic E-state index is 11.6. The van der Waals surface area contributed by atoms with Crippen LogP contribution < -0.4 is 0 Å². The highest BCUT2D eigenvalue weighted by molar-refractivity contribution is 5.89. The lowest BCUT2D eigenvalue weighted by molar-refractivity contribution is 0.0526. The fraction of sp³-hybridized carbons (Fsp3) is 0.286. The first-order chi connectivity index (χ1) is 11.7. The van der Waals surface area contributed by atoms with E-state index in [1.807, 2.05) is 24.3 Å². The summed E-state index contributed by atoms with van der Waals surface area (Å²) in [7, 11) is 1.76. The summed E-state index contributed by atoms with van der Waals surface area (Å²) < 4.78 is 10.5. The van der Waals surface area contributed by atoms with E-state index in [1.165, 1.54) is 5.56 Å². The molecule has 1 aliphatic rings. The average molecular weight is 320 g/mol. The van der Waals surface area contributed by atoms with Crippen molar-refractivity contribution in [1.29, 1.82) is 0 Å². The van der Waals surface area contributed by atoms with Gasteiger partial charge in [-0.15, -0.1) is 0 Å². The lowest BCUT2D eigenvalue weighted by atomic mass is 10.1. The molecule has 0 spiro atoms. The number of ether oxygens (including phenoxy) is 2. The molecule has 0 N–H and O–H groups in total. The van der Waals surface area contributed by atoms with Crippen molar-refractivity contribution in [2.24, 2.45) is 0 Å². The summed E-state index contributed by atoms with van der Waals surface area (Å²) in [5.41, 5.74) is 3.52. The maximum Gasteiger partial charge on any atom is 0.338 e. The highest BCUT2D eigenvalue weighted by atomic mass is 16.5. The van der Waals surface area contributed by atoms with Gasteiger partial charge in [0, 0.05) is 18.2 Å². The summed E-state index contributed by atoms with van der Waals surface area (Å²) in [4.78, 5) is 11.6. The molecular weight excluding hydrogens is 300 g/mol. The van der Waals surface area contributed by atoms with Crippen molar-refractivity contribution < 1.29 is 14.3 Å². The summed E-state index contributed by atoms with van der Waals surface area (Å²) in [6, 6.07) is 15.4. The van der Waals surface area contributed by atoms with Crippen molar-refractivity contribution in [3.8, 4) is 11.8 Å². The van der Waals surface area contributed by atoms with Crippen LogP contribution in [0, 0.1) is 11.8 Å². The van der Waals surface area contributed by atoms with Gasteiger partial charge in [0.15, 0.2) is 0 Å². The third-order valence-corrected chi connectivity index (χ3v) is 4.25. The smallest absolute Gasteiger partial charge is 0.338 e. The summed E-state index contributed by atoms with van der Waals surface area (Å²) in [5, 5.41) is 0. The zero-order valence-corrected chi connectivity index (χ0v) is 14.0. The highest BCUT2D eigenvalue weighted by Crippen LogP contribution is 2.48. The second-order valence-corrected chi connectivity index (χ2v) is 5.82. The molecule has 1 fully saturated rings. The van der Waals surface area contributed by atoms with Gasteiger partial charge in [-0.25, -0.2) is 4.79 Å². The molecule has 0 aliphatic heterocycles. The van der Waals surface area contributed by atoms with E-state index >= 15 is 0 Å². The number of benzene rings is 2. The van der Waals surface area contributed by atoms with Crippen molar-refractivity contribution in [3.05, 3.63) is 70.8 Å². The quantitative estimate of drug-likeness (QED) is 0.633. The molecule has 2 aromatic carbocycles. The minimum absolute atomic E-state index is 0.0606. The Kier molecular flexibility index (Phi) is 4.69. The maximum absolute atomic E-state index is 11.6. The van der Waals surface area contributed by atoms with E-state index in [4.69, 9.17) is 9.47 Å². The number of hydrogen-bond acceptors (Lipinski definition) is 3. The molecule has 0 amide bonds. The molecule has 0 bridgehead atoms. The second kappa shape index (κ2) is 6.90. The van der Waals surface area contributed by atoms with E-state index in [1.54, 1.807) is 26.2 Å². The van der Waals surface area contributed by atoms with Gasteiger partial charge >= 0.3 is 5.97 Å². The zero-order valence-electron chi connectivity index (χ0n) is 14.0. The van der Waals surface area contributed by atoms with Gasteiger partial charge in [0.05, 0.1) is 17.8 Å². The first-order valence-electron chi connectivity index (χ1n) is 8.12. The third kappa shape index (κ3) is 3.50. The van der Waals surface area contributed by atoms with Gasteiger partial charge in [-0.2, -0.15) is 0 Å². The van der Waals surface area contributed by atoms with Gasteiger partial charge in [-0.3, -0.25) is 0 Å². The van der Waals surface area contributed by atoms with E-state index in [2.05, 4.69) is 24.0 Å². The van der Waals surface area contributed by atoms with E-state index in [0.717, 1.165) is 24.0 Å². The van der Waals surface area contributed by atoms with Crippen molar-refractivity contribution >= 4 is 5.97 Å². The van der Waals surface area contributed by atoms with E-state index < -0.39 is 0 Å². The minimum atomic E-state index is -0.306.